The Labute approximate surface area is 125 Å². The van der Waals surface area contributed by atoms with Crippen molar-refractivity contribution in [1.82, 2.24) is 19.7 Å². The molecule has 0 saturated carbocycles. The standard InChI is InChI=1S/C13H14ClN5S/c1-3-10-8(7-19(2)18-10)6-15-11-9-4-5-20-12(9)17-13(14)16-11/h4-5,7H,3,6H2,1-2H3,(H,15,16,17). The molecule has 0 amide bonds. The highest BCUT2D eigenvalue weighted by atomic mass is 35.5. The minimum Gasteiger partial charge on any atom is -0.365 e. The molecule has 1 N–H and O–H groups in total. The quantitative estimate of drug-likeness (QED) is 0.752. The molecule has 3 rings (SSSR count). The Kier molecular flexibility index (Phi) is 3.58. The topological polar surface area (TPSA) is 55.6 Å². The summed E-state index contributed by atoms with van der Waals surface area (Å²) >= 11 is 7.51. The first-order valence-electron chi connectivity index (χ1n) is 6.33. The monoisotopic (exact) mass is 307 g/mol. The van der Waals surface area contributed by atoms with E-state index in [1.165, 1.54) is 5.56 Å². The predicted molar refractivity (Wildman–Crippen MR) is 82.3 cm³/mol. The third-order valence-corrected chi connectivity index (χ3v) is 4.05. The molecule has 104 valence electrons. The van der Waals surface area contributed by atoms with Crippen molar-refractivity contribution in [3.8, 4) is 0 Å². The Balaban J connectivity index is 1.88. The first-order chi connectivity index (χ1) is 9.67. The van der Waals surface area contributed by atoms with Crippen LogP contribution in [-0.4, -0.2) is 19.7 Å². The van der Waals surface area contributed by atoms with Gasteiger partial charge in [0.2, 0.25) is 5.28 Å². The van der Waals surface area contributed by atoms with Crippen LogP contribution in [0.1, 0.15) is 18.2 Å². The second-order valence-corrected chi connectivity index (χ2v) is 5.70. The molecule has 20 heavy (non-hydrogen) atoms. The number of anilines is 1. The lowest BCUT2D eigenvalue weighted by Crippen LogP contribution is -2.03. The number of hydrogen-bond donors (Lipinski definition) is 1. The van der Waals surface area contributed by atoms with Crippen LogP contribution in [-0.2, 0) is 20.0 Å². The molecule has 0 spiro atoms. The number of aromatic nitrogens is 4. The summed E-state index contributed by atoms with van der Waals surface area (Å²) in [4.78, 5) is 9.38. The molecule has 0 unspecified atom stereocenters. The fraction of sp³-hybridized carbons (Fsp3) is 0.308. The van der Waals surface area contributed by atoms with Gasteiger partial charge in [-0.3, -0.25) is 4.68 Å². The Morgan fingerprint density at radius 1 is 1.40 bits per heavy atom. The van der Waals surface area contributed by atoms with Gasteiger partial charge in [0, 0.05) is 25.4 Å². The summed E-state index contributed by atoms with van der Waals surface area (Å²) in [5.41, 5.74) is 2.27. The van der Waals surface area contributed by atoms with E-state index in [9.17, 15) is 0 Å². The molecule has 0 radical (unpaired) electrons. The van der Waals surface area contributed by atoms with Crippen LogP contribution in [0.15, 0.2) is 17.6 Å². The lowest BCUT2D eigenvalue weighted by atomic mass is 10.2. The van der Waals surface area contributed by atoms with Gasteiger partial charge < -0.3 is 5.32 Å². The maximum Gasteiger partial charge on any atom is 0.225 e. The van der Waals surface area contributed by atoms with Gasteiger partial charge in [-0.2, -0.15) is 5.10 Å². The Morgan fingerprint density at radius 3 is 3.05 bits per heavy atom. The van der Waals surface area contributed by atoms with E-state index < -0.39 is 0 Å². The number of hydrogen-bond acceptors (Lipinski definition) is 5. The van der Waals surface area contributed by atoms with Gasteiger partial charge in [-0.15, -0.1) is 11.3 Å². The normalized spacial score (nSPS) is 11.2. The van der Waals surface area contributed by atoms with Crippen molar-refractivity contribution in [2.45, 2.75) is 19.9 Å². The van der Waals surface area contributed by atoms with E-state index >= 15 is 0 Å². The van der Waals surface area contributed by atoms with E-state index in [1.54, 1.807) is 11.3 Å². The first kappa shape index (κ1) is 13.3. The van der Waals surface area contributed by atoms with Gasteiger partial charge in [0.15, 0.2) is 0 Å². The number of fused-ring (bicyclic) bond motifs is 1. The number of aryl methyl sites for hydroxylation is 2. The molecule has 0 aliphatic rings. The smallest absolute Gasteiger partial charge is 0.225 e. The second kappa shape index (κ2) is 5.38. The Bertz CT molecular complexity index is 748. The molecule has 7 heteroatoms. The summed E-state index contributed by atoms with van der Waals surface area (Å²) in [6.45, 7) is 2.78. The van der Waals surface area contributed by atoms with Crippen molar-refractivity contribution >= 4 is 39.0 Å². The Hall–Kier alpha value is -1.66. The van der Waals surface area contributed by atoms with Crippen LogP contribution < -0.4 is 5.32 Å². The minimum atomic E-state index is 0.268. The summed E-state index contributed by atoms with van der Waals surface area (Å²) in [5, 5.41) is 11.0. The highest BCUT2D eigenvalue weighted by Crippen LogP contribution is 2.26. The van der Waals surface area contributed by atoms with E-state index in [-0.39, 0.29) is 5.28 Å². The summed E-state index contributed by atoms with van der Waals surface area (Å²) in [6, 6.07) is 2.00. The zero-order valence-electron chi connectivity index (χ0n) is 11.2. The molecule has 0 saturated heterocycles. The Morgan fingerprint density at radius 2 is 2.25 bits per heavy atom. The molecule has 3 aromatic rings. The van der Waals surface area contributed by atoms with E-state index in [0.29, 0.717) is 6.54 Å². The van der Waals surface area contributed by atoms with Crippen LogP contribution in [0.3, 0.4) is 0 Å². The maximum absolute atomic E-state index is 5.95. The summed E-state index contributed by atoms with van der Waals surface area (Å²) in [6.07, 6.45) is 2.94. The molecule has 0 fully saturated rings. The van der Waals surface area contributed by atoms with E-state index in [2.05, 4.69) is 27.3 Å². The van der Waals surface area contributed by atoms with Gasteiger partial charge in [0.05, 0.1) is 11.1 Å². The van der Waals surface area contributed by atoms with Crippen molar-refractivity contribution in [1.29, 1.82) is 0 Å². The highest BCUT2D eigenvalue weighted by Gasteiger charge is 2.10. The maximum atomic E-state index is 5.95. The van der Waals surface area contributed by atoms with E-state index in [0.717, 1.165) is 28.1 Å². The highest BCUT2D eigenvalue weighted by molar-refractivity contribution is 7.16. The van der Waals surface area contributed by atoms with Crippen LogP contribution >= 0.6 is 22.9 Å². The van der Waals surface area contributed by atoms with Gasteiger partial charge in [-0.25, -0.2) is 9.97 Å². The molecule has 0 bridgehead atoms. The number of rotatable bonds is 4. The molecule has 0 atom stereocenters. The molecule has 3 aromatic heterocycles. The van der Waals surface area contributed by atoms with Crippen LogP contribution in [0.5, 0.6) is 0 Å². The molecule has 5 nitrogen and oxygen atoms in total. The van der Waals surface area contributed by atoms with Gasteiger partial charge in [-0.1, -0.05) is 6.92 Å². The van der Waals surface area contributed by atoms with Gasteiger partial charge in [0.25, 0.3) is 0 Å². The fourth-order valence-electron chi connectivity index (χ4n) is 2.17. The molecule has 0 aliphatic carbocycles. The minimum absolute atomic E-state index is 0.268. The zero-order valence-corrected chi connectivity index (χ0v) is 12.8. The third-order valence-electron chi connectivity index (χ3n) is 3.07. The van der Waals surface area contributed by atoms with E-state index in [1.807, 2.05) is 29.4 Å². The number of halogens is 1. The number of thiophene rings is 1. The van der Waals surface area contributed by atoms with Gasteiger partial charge >= 0.3 is 0 Å². The largest absolute Gasteiger partial charge is 0.365 e. The fourth-order valence-corrected chi connectivity index (χ4v) is 3.16. The molecule has 0 aliphatic heterocycles. The van der Waals surface area contributed by atoms with Crippen molar-refractivity contribution in [2.24, 2.45) is 7.05 Å². The molecule has 0 aromatic carbocycles. The van der Waals surface area contributed by atoms with E-state index in [4.69, 9.17) is 11.6 Å². The lowest BCUT2D eigenvalue weighted by Gasteiger charge is -2.06. The predicted octanol–water partition coefficient (Wildman–Crippen LogP) is 3.25. The van der Waals surface area contributed by atoms with Crippen LogP contribution in [0.25, 0.3) is 10.2 Å². The summed E-state index contributed by atoms with van der Waals surface area (Å²) < 4.78 is 1.84. The average Bonchev–Trinajstić information content (AvgIpc) is 3.01. The van der Waals surface area contributed by atoms with Crippen molar-refractivity contribution in [3.63, 3.8) is 0 Å². The van der Waals surface area contributed by atoms with Crippen LogP contribution in [0.4, 0.5) is 5.82 Å². The lowest BCUT2D eigenvalue weighted by molar-refractivity contribution is 0.746. The first-order valence-corrected chi connectivity index (χ1v) is 7.59. The van der Waals surface area contributed by atoms with Crippen molar-refractivity contribution in [3.05, 3.63) is 34.2 Å². The zero-order chi connectivity index (χ0) is 14.1. The molecular formula is C13H14ClN5S. The average molecular weight is 308 g/mol. The number of nitrogens with one attached hydrogen (secondary N) is 1. The van der Waals surface area contributed by atoms with Crippen molar-refractivity contribution in [2.75, 3.05) is 5.32 Å². The van der Waals surface area contributed by atoms with Gasteiger partial charge in [-0.05, 0) is 29.5 Å². The van der Waals surface area contributed by atoms with Crippen LogP contribution in [0.2, 0.25) is 5.28 Å². The molecular weight excluding hydrogens is 294 g/mol. The SMILES string of the molecule is CCc1nn(C)cc1CNc1nc(Cl)nc2sccc12. The van der Waals surface area contributed by atoms with Crippen LogP contribution in [0, 0.1) is 0 Å². The summed E-state index contributed by atoms with van der Waals surface area (Å²) in [5.74, 6) is 0.771. The number of nitrogens with zero attached hydrogens (tertiary/aromatic N) is 4. The summed E-state index contributed by atoms with van der Waals surface area (Å²) in [7, 11) is 1.93. The third kappa shape index (κ3) is 2.48. The van der Waals surface area contributed by atoms with Gasteiger partial charge in [0.1, 0.15) is 10.6 Å². The van der Waals surface area contributed by atoms with Crippen molar-refractivity contribution < 1.29 is 0 Å². The second-order valence-electron chi connectivity index (χ2n) is 4.46. The molecule has 3 heterocycles.